The van der Waals surface area contributed by atoms with Gasteiger partial charge in [0, 0.05) is 4.47 Å². The van der Waals surface area contributed by atoms with Gasteiger partial charge in [-0.25, -0.2) is 0 Å². The number of carbonyl (C=O) groups is 1. The van der Waals surface area contributed by atoms with E-state index in [0.717, 1.165) is 15.6 Å². The quantitative estimate of drug-likeness (QED) is 0.812. The second-order valence-electron chi connectivity index (χ2n) is 4.71. The number of hydrogen-bond acceptors (Lipinski definition) is 3. The lowest BCUT2D eigenvalue weighted by molar-refractivity contribution is -0.121. The molecule has 5 heteroatoms. The van der Waals surface area contributed by atoms with Crippen molar-refractivity contribution < 1.29 is 9.53 Å². The highest BCUT2D eigenvalue weighted by Crippen LogP contribution is 2.22. The van der Waals surface area contributed by atoms with Crippen LogP contribution in [0.3, 0.4) is 0 Å². The number of rotatable bonds is 5. The van der Waals surface area contributed by atoms with E-state index in [1.807, 2.05) is 43.3 Å². The molecule has 0 unspecified atom stereocenters. The van der Waals surface area contributed by atoms with Crippen molar-refractivity contribution in [3.8, 4) is 0 Å². The van der Waals surface area contributed by atoms with Gasteiger partial charge in [0.25, 0.3) is 0 Å². The molecule has 0 bridgehead atoms. The molecule has 0 aromatic heterocycles. The number of ether oxygens (including phenoxy) is 1. The second kappa shape index (κ2) is 7.24. The highest BCUT2D eigenvalue weighted by molar-refractivity contribution is 9.10. The number of carbonyl (C=O) groups excluding carboxylic acids is 1. The van der Waals surface area contributed by atoms with Gasteiger partial charge in [-0.2, -0.15) is 0 Å². The molecule has 0 saturated carbocycles. The molecule has 1 amide bonds. The molecule has 4 nitrogen and oxygen atoms in total. The number of amides is 1. The number of nitrogens with one attached hydrogen (secondary N) is 1. The number of aryl methyl sites for hydroxylation is 1. The molecule has 0 heterocycles. The van der Waals surface area contributed by atoms with E-state index < -0.39 is 0 Å². The van der Waals surface area contributed by atoms with Crippen LogP contribution in [0.2, 0.25) is 0 Å². The molecule has 2 aromatic carbocycles. The summed E-state index contributed by atoms with van der Waals surface area (Å²) in [7, 11) is 0. The normalized spacial score (nSPS) is 10.4. The minimum absolute atomic E-state index is 0.0101. The van der Waals surface area contributed by atoms with Crippen molar-refractivity contribution in [3.63, 3.8) is 0 Å². The second-order valence-corrected chi connectivity index (χ2v) is 5.62. The number of nitrogen functional groups attached to an aromatic ring is 1. The molecule has 2 aromatic rings. The van der Waals surface area contributed by atoms with Gasteiger partial charge in [-0.05, 0) is 36.2 Å². The Balaban J connectivity index is 1.84. The van der Waals surface area contributed by atoms with E-state index in [4.69, 9.17) is 10.5 Å². The van der Waals surface area contributed by atoms with Gasteiger partial charge in [0.1, 0.15) is 6.61 Å². The van der Waals surface area contributed by atoms with Crippen molar-refractivity contribution in [1.29, 1.82) is 0 Å². The van der Waals surface area contributed by atoms with Crippen molar-refractivity contribution in [1.82, 2.24) is 0 Å². The summed E-state index contributed by atoms with van der Waals surface area (Å²) in [5.74, 6) is -0.215. The maximum Gasteiger partial charge on any atom is 0.250 e. The summed E-state index contributed by atoms with van der Waals surface area (Å²) in [6.07, 6.45) is 0. The molecule has 3 N–H and O–H groups in total. The van der Waals surface area contributed by atoms with Gasteiger partial charge in [-0.3, -0.25) is 4.79 Å². The highest BCUT2D eigenvalue weighted by Gasteiger charge is 2.07. The van der Waals surface area contributed by atoms with Gasteiger partial charge in [-0.15, -0.1) is 0 Å². The standard InChI is InChI=1S/C16H17BrN2O2/c1-11-3-2-4-14(18)16(11)19-15(20)10-21-9-12-5-7-13(17)8-6-12/h2-8H,9-10,18H2,1H3,(H,19,20). The lowest BCUT2D eigenvalue weighted by Gasteiger charge is -2.11. The molecule has 0 radical (unpaired) electrons. The van der Waals surface area contributed by atoms with Gasteiger partial charge < -0.3 is 15.8 Å². The number of para-hydroxylation sites is 1. The fourth-order valence-corrected chi connectivity index (χ4v) is 2.14. The fraction of sp³-hybridized carbons (Fsp3) is 0.188. The molecule has 110 valence electrons. The average molecular weight is 349 g/mol. The lowest BCUT2D eigenvalue weighted by atomic mass is 10.1. The van der Waals surface area contributed by atoms with E-state index >= 15 is 0 Å². The molecule has 0 aliphatic rings. The minimum Gasteiger partial charge on any atom is -0.397 e. The van der Waals surface area contributed by atoms with E-state index in [9.17, 15) is 4.79 Å². The average Bonchev–Trinajstić information content (AvgIpc) is 2.45. The highest BCUT2D eigenvalue weighted by atomic mass is 79.9. The first-order chi connectivity index (χ1) is 10.1. The zero-order valence-corrected chi connectivity index (χ0v) is 13.3. The number of anilines is 2. The summed E-state index contributed by atoms with van der Waals surface area (Å²) >= 11 is 3.37. The lowest BCUT2D eigenvalue weighted by Crippen LogP contribution is -2.19. The van der Waals surface area contributed by atoms with Crippen LogP contribution < -0.4 is 11.1 Å². The summed E-state index contributed by atoms with van der Waals surface area (Å²) in [6, 6.07) is 13.3. The van der Waals surface area contributed by atoms with Crippen LogP contribution in [0.1, 0.15) is 11.1 Å². The summed E-state index contributed by atoms with van der Waals surface area (Å²) < 4.78 is 6.42. The van der Waals surface area contributed by atoms with Crippen molar-refractivity contribution >= 4 is 33.2 Å². The zero-order chi connectivity index (χ0) is 15.2. The molecule has 0 saturated heterocycles. The third kappa shape index (κ3) is 4.58. The van der Waals surface area contributed by atoms with Crippen LogP contribution in [0, 0.1) is 6.92 Å². The first kappa shape index (κ1) is 15.5. The summed E-state index contributed by atoms with van der Waals surface area (Å²) in [5.41, 5.74) is 8.99. The Bertz CT molecular complexity index is 606. The predicted molar refractivity (Wildman–Crippen MR) is 88.0 cm³/mol. The minimum atomic E-state index is -0.215. The molecule has 0 spiro atoms. The van der Waals surface area contributed by atoms with Crippen LogP contribution in [-0.2, 0) is 16.1 Å². The third-order valence-electron chi connectivity index (χ3n) is 2.98. The maximum atomic E-state index is 11.9. The van der Waals surface area contributed by atoms with E-state index in [1.54, 1.807) is 6.07 Å². The fourth-order valence-electron chi connectivity index (χ4n) is 1.88. The Morgan fingerprint density at radius 1 is 1.24 bits per heavy atom. The zero-order valence-electron chi connectivity index (χ0n) is 11.7. The summed E-state index contributed by atoms with van der Waals surface area (Å²) in [4.78, 5) is 11.9. The van der Waals surface area contributed by atoms with Crippen molar-refractivity contribution in [2.75, 3.05) is 17.7 Å². The number of benzene rings is 2. The summed E-state index contributed by atoms with van der Waals surface area (Å²) in [6.45, 7) is 2.28. The Morgan fingerprint density at radius 2 is 1.95 bits per heavy atom. The van der Waals surface area contributed by atoms with Gasteiger partial charge in [0.05, 0.1) is 18.0 Å². The molecular weight excluding hydrogens is 332 g/mol. The van der Waals surface area contributed by atoms with Crippen molar-refractivity contribution in [2.24, 2.45) is 0 Å². The van der Waals surface area contributed by atoms with Crippen molar-refractivity contribution in [2.45, 2.75) is 13.5 Å². The maximum absolute atomic E-state index is 11.9. The molecule has 0 fully saturated rings. The van der Waals surface area contributed by atoms with Crippen LogP contribution in [-0.4, -0.2) is 12.5 Å². The molecule has 0 aliphatic carbocycles. The van der Waals surface area contributed by atoms with Crippen LogP contribution in [0.4, 0.5) is 11.4 Å². The first-order valence-corrected chi connectivity index (χ1v) is 7.32. The molecular formula is C16H17BrN2O2. The van der Waals surface area contributed by atoms with E-state index in [0.29, 0.717) is 18.0 Å². The largest absolute Gasteiger partial charge is 0.397 e. The molecule has 21 heavy (non-hydrogen) atoms. The van der Waals surface area contributed by atoms with E-state index in [2.05, 4.69) is 21.2 Å². The number of halogens is 1. The Labute approximate surface area is 132 Å². The van der Waals surface area contributed by atoms with Gasteiger partial charge in [0.2, 0.25) is 5.91 Å². The van der Waals surface area contributed by atoms with Crippen LogP contribution in [0.15, 0.2) is 46.9 Å². The Hall–Kier alpha value is -1.85. The molecule has 0 atom stereocenters. The van der Waals surface area contributed by atoms with Gasteiger partial charge in [-0.1, -0.05) is 40.2 Å². The SMILES string of the molecule is Cc1cccc(N)c1NC(=O)COCc1ccc(Br)cc1. The van der Waals surface area contributed by atoms with Gasteiger partial charge >= 0.3 is 0 Å². The van der Waals surface area contributed by atoms with Crippen molar-refractivity contribution in [3.05, 3.63) is 58.1 Å². The number of nitrogens with two attached hydrogens (primary N) is 1. The van der Waals surface area contributed by atoms with E-state index in [-0.39, 0.29) is 12.5 Å². The summed E-state index contributed by atoms with van der Waals surface area (Å²) in [5, 5.41) is 2.78. The van der Waals surface area contributed by atoms with Gasteiger partial charge in [0.15, 0.2) is 0 Å². The van der Waals surface area contributed by atoms with Crippen LogP contribution in [0.5, 0.6) is 0 Å². The Kier molecular flexibility index (Phi) is 5.36. The number of hydrogen-bond donors (Lipinski definition) is 2. The molecule has 2 rings (SSSR count). The first-order valence-electron chi connectivity index (χ1n) is 6.53. The monoisotopic (exact) mass is 348 g/mol. The molecule has 0 aliphatic heterocycles. The Morgan fingerprint density at radius 3 is 2.62 bits per heavy atom. The van der Waals surface area contributed by atoms with Crippen LogP contribution >= 0.6 is 15.9 Å². The van der Waals surface area contributed by atoms with Crippen LogP contribution in [0.25, 0.3) is 0 Å². The topological polar surface area (TPSA) is 64.3 Å². The smallest absolute Gasteiger partial charge is 0.250 e. The predicted octanol–water partition coefficient (Wildman–Crippen LogP) is 3.50. The third-order valence-corrected chi connectivity index (χ3v) is 3.51. The van der Waals surface area contributed by atoms with E-state index in [1.165, 1.54) is 0 Å².